The average Bonchev–Trinajstić information content (AvgIpc) is 2.66. The summed E-state index contributed by atoms with van der Waals surface area (Å²) in [5.74, 6) is -0.210. The molecule has 1 N–H and O–H groups in total. The van der Waals surface area contributed by atoms with Crippen molar-refractivity contribution in [1.29, 1.82) is 0 Å². The van der Waals surface area contributed by atoms with E-state index in [-0.39, 0.29) is 5.91 Å². The SMILES string of the molecule is C=CC(=O)Nc1ccc(N2c3ccccc3Sc3ccccc32)cc1. The first-order valence-corrected chi connectivity index (χ1v) is 8.77. The molecule has 0 bridgehead atoms. The van der Waals surface area contributed by atoms with Crippen molar-refractivity contribution in [3.8, 4) is 0 Å². The smallest absolute Gasteiger partial charge is 0.247 e. The van der Waals surface area contributed by atoms with Gasteiger partial charge in [0.1, 0.15) is 0 Å². The minimum atomic E-state index is -0.210. The second kappa shape index (κ2) is 6.49. The van der Waals surface area contributed by atoms with E-state index in [0.29, 0.717) is 0 Å². The van der Waals surface area contributed by atoms with Crippen LogP contribution in [-0.4, -0.2) is 5.91 Å². The lowest BCUT2D eigenvalue weighted by Gasteiger charge is -2.32. The van der Waals surface area contributed by atoms with Gasteiger partial charge in [-0.2, -0.15) is 0 Å². The summed E-state index contributed by atoms with van der Waals surface area (Å²) in [4.78, 5) is 16.2. The summed E-state index contributed by atoms with van der Waals surface area (Å²) in [6.45, 7) is 3.48. The molecule has 0 spiro atoms. The molecule has 0 saturated heterocycles. The second-order valence-corrected chi connectivity index (χ2v) is 6.70. The van der Waals surface area contributed by atoms with E-state index in [9.17, 15) is 4.79 Å². The standard InChI is InChI=1S/C21H16N2OS/c1-2-21(24)22-15-11-13-16(14-12-15)23-17-7-3-5-9-19(17)25-20-10-6-4-8-18(20)23/h2-14H,1H2,(H,22,24). The molecule has 0 saturated carbocycles. The third-order valence-corrected chi connectivity index (χ3v) is 5.14. The third-order valence-electron chi connectivity index (χ3n) is 4.01. The highest BCUT2D eigenvalue weighted by molar-refractivity contribution is 7.99. The van der Waals surface area contributed by atoms with Crippen molar-refractivity contribution in [3.05, 3.63) is 85.5 Å². The Morgan fingerprint density at radius 1 is 0.880 bits per heavy atom. The van der Waals surface area contributed by atoms with Gasteiger partial charge in [0.05, 0.1) is 11.4 Å². The monoisotopic (exact) mass is 344 g/mol. The van der Waals surface area contributed by atoms with Gasteiger partial charge in [-0.1, -0.05) is 42.6 Å². The van der Waals surface area contributed by atoms with Crippen molar-refractivity contribution in [1.82, 2.24) is 0 Å². The Balaban J connectivity index is 1.77. The van der Waals surface area contributed by atoms with E-state index < -0.39 is 0 Å². The Hall–Kier alpha value is -2.98. The number of carbonyl (C=O) groups is 1. The summed E-state index contributed by atoms with van der Waals surface area (Å²) in [6.07, 6.45) is 1.27. The number of carbonyl (C=O) groups excluding carboxylic acids is 1. The summed E-state index contributed by atoms with van der Waals surface area (Å²) < 4.78 is 0. The highest BCUT2D eigenvalue weighted by Crippen LogP contribution is 2.51. The van der Waals surface area contributed by atoms with Crippen LogP contribution in [0.25, 0.3) is 0 Å². The van der Waals surface area contributed by atoms with Gasteiger partial charge in [0.25, 0.3) is 0 Å². The van der Waals surface area contributed by atoms with Crippen molar-refractivity contribution in [3.63, 3.8) is 0 Å². The zero-order valence-corrected chi connectivity index (χ0v) is 14.3. The fourth-order valence-corrected chi connectivity index (χ4v) is 3.93. The predicted octanol–water partition coefficient (Wildman–Crippen LogP) is 5.75. The van der Waals surface area contributed by atoms with Crippen LogP contribution in [0.4, 0.5) is 22.7 Å². The van der Waals surface area contributed by atoms with Gasteiger partial charge in [0.2, 0.25) is 5.91 Å². The van der Waals surface area contributed by atoms with Crippen LogP contribution in [0.5, 0.6) is 0 Å². The predicted molar refractivity (Wildman–Crippen MR) is 104 cm³/mol. The van der Waals surface area contributed by atoms with Crippen LogP contribution in [0, 0.1) is 0 Å². The maximum absolute atomic E-state index is 11.5. The molecule has 0 aromatic heterocycles. The molecule has 1 amide bonds. The van der Waals surface area contributed by atoms with Crippen LogP contribution < -0.4 is 10.2 Å². The summed E-state index contributed by atoms with van der Waals surface area (Å²) in [5.41, 5.74) is 4.13. The molecule has 3 aromatic rings. The minimum absolute atomic E-state index is 0.210. The van der Waals surface area contributed by atoms with Crippen LogP contribution in [-0.2, 0) is 4.79 Å². The van der Waals surface area contributed by atoms with Gasteiger partial charge in [-0.05, 0) is 54.6 Å². The maximum Gasteiger partial charge on any atom is 0.247 e. The molecular weight excluding hydrogens is 328 g/mol. The molecular formula is C21H16N2OS. The van der Waals surface area contributed by atoms with E-state index in [1.165, 1.54) is 15.9 Å². The van der Waals surface area contributed by atoms with E-state index in [1.807, 2.05) is 24.3 Å². The lowest BCUT2D eigenvalue weighted by Crippen LogP contribution is -2.14. The quantitative estimate of drug-likeness (QED) is 0.481. The Labute approximate surface area is 151 Å². The molecule has 122 valence electrons. The molecule has 3 nitrogen and oxygen atoms in total. The molecule has 4 rings (SSSR count). The van der Waals surface area contributed by atoms with Crippen LogP contribution >= 0.6 is 11.8 Å². The number of benzene rings is 3. The average molecular weight is 344 g/mol. The van der Waals surface area contributed by atoms with Gasteiger partial charge in [-0.3, -0.25) is 4.79 Å². The number of amides is 1. The van der Waals surface area contributed by atoms with Crippen molar-refractivity contribution in [2.75, 3.05) is 10.2 Å². The molecule has 0 aliphatic carbocycles. The second-order valence-electron chi connectivity index (χ2n) is 5.61. The number of rotatable bonds is 3. The molecule has 4 heteroatoms. The van der Waals surface area contributed by atoms with Crippen molar-refractivity contribution in [2.24, 2.45) is 0 Å². The normalized spacial score (nSPS) is 12.1. The van der Waals surface area contributed by atoms with Crippen molar-refractivity contribution in [2.45, 2.75) is 9.79 Å². The number of anilines is 4. The van der Waals surface area contributed by atoms with Crippen LogP contribution in [0.15, 0.2) is 95.2 Å². The van der Waals surface area contributed by atoms with E-state index in [2.05, 4.69) is 65.3 Å². The van der Waals surface area contributed by atoms with Gasteiger partial charge < -0.3 is 10.2 Å². The molecule has 25 heavy (non-hydrogen) atoms. The third kappa shape index (κ3) is 2.92. The highest BCUT2D eigenvalue weighted by atomic mass is 32.2. The molecule has 0 unspecified atom stereocenters. The molecule has 0 radical (unpaired) electrons. The van der Waals surface area contributed by atoms with Crippen molar-refractivity contribution >= 4 is 40.4 Å². The first-order chi connectivity index (χ1) is 12.3. The number of hydrogen-bond donors (Lipinski definition) is 1. The van der Waals surface area contributed by atoms with Crippen molar-refractivity contribution < 1.29 is 4.79 Å². The van der Waals surface area contributed by atoms with E-state index >= 15 is 0 Å². The van der Waals surface area contributed by atoms with E-state index in [4.69, 9.17) is 0 Å². The van der Waals surface area contributed by atoms with Gasteiger partial charge in [-0.25, -0.2) is 0 Å². The van der Waals surface area contributed by atoms with Crippen LogP contribution in [0.1, 0.15) is 0 Å². The zero-order chi connectivity index (χ0) is 17.2. The Morgan fingerprint density at radius 3 is 2.00 bits per heavy atom. The first-order valence-electron chi connectivity index (χ1n) is 7.96. The topological polar surface area (TPSA) is 32.3 Å². The van der Waals surface area contributed by atoms with Gasteiger partial charge in [-0.15, -0.1) is 0 Å². The largest absolute Gasteiger partial charge is 0.323 e. The lowest BCUT2D eigenvalue weighted by molar-refractivity contribution is -0.111. The highest BCUT2D eigenvalue weighted by Gasteiger charge is 2.23. The summed E-state index contributed by atoms with van der Waals surface area (Å²) in [7, 11) is 0. The lowest BCUT2D eigenvalue weighted by atomic mass is 10.1. The Bertz CT molecular complexity index is 905. The summed E-state index contributed by atoms with van der Waals surface area (Å²) >= 11 is 1.79. The number of hydrogen-bond acceptors (Lipinski definition) is 3. The Kier molecular flexibility index (Phi) is 4.04. The molecule has 1 aliphatic heterocycles. The van der Waals surface area contributed by atoms with Gasteiger partial charge in [0, 0.05) is 21.2 Å². The molecule has 1 heterocycles. The summed E-state index contributed by atoms with van der Waals surface area (Å²) in [6, 6.07) is 24.6. The summed E-state index contributed by atoms with van der Waals surface area (Å²) in [5, 5.41) is 2.78. The zero-order valence-electron chi connectivity index (χ0n) is 13.5. The fourth-order valence-electron chi connectivity index (χ4n) is 2.87. The maximum atomic E-state index is 11.5. The molecule has 0 atom stereocenters. The van der Waals surface area contributed by atoms with Crippen LogP contribution in [0.2, 0.25) is 0 Å². The number of fused-ring (bicyclic) bond motifs is 2. The number of nitrogens with one attached hydrogen (secondary N) is 1. The Morgan fingerprint density at radius 2 is 1.44 bits per heavy atom. The van der Waals surface area contributed by atoms with Gasteiger partial charge in [0.15, 0.2) is 0 Å². The van der Waals surface area contributed by atoms with E-state index in [0.717, 1.165) is 22.7 Å². The minimum Gasteiger partial charge on any atom is -0.323 e. The van der Waals surface area contributed by atoms with Gasteiger partial charge >= 0.3 is 0 Å². The molecule has 3 aromatic carbocycles. The number of para-hydroxylation sites is 2. The fraction of sp³-hybridized carbons (Fsp3) is 0. The van der Waals surface area contributed by atoms with Crippen LogP contribution in [0.3, 0.4) is 0 Å². The molecule has 1 aliphatic rings. The van der Waals surface area contributed by atoms with E-state index in [1.54, 1.807) is 11.8 Å². The first kappa shape index (κ1) is 15.5. The number of nitrogens with zero attached hydrogens (tertiary/aromatic N) is 1. The molecule has 0 fully saturated rings.